The first-order valence-corrected chi connectivity index (χ1v) is 20.7. The highest BCUT2D eigenvalue weighted by Crippen LogP contribution is 2.45. The predicted molar refractivity (Wildman–Crippen MR) is 248 cm³/mol. The Hall–Kier alpha value is -7.66. The van der Waals surface area contributed by atoms with Gasteiger partial charge in [0.25, 0.3) is 0 Å². The minimum Gasteiger partial charge on any atom is -0.497 e. The summed E-state index contributed by atoms with van der Waals surface area (Å²) in [6, 6.07) is 51.9. The molecule has 0 heterocycles. The molecule has 0 bridgehead atoms. The standard InChI is InChI=1S/C54H48N2O8/c1-61-45-25-17-41(18-26-45)53(59,42-19-27-46(62-2)28-20-42)49(39-15-13-35-9-5-7-11-37(35)33-39)55-51(57)52(58)56-50(40-16-14-36-10-6-8-12-38(36)34-40)54(60,43-21-29-47(63-3)30-22-43)44-23-31-48(64-4)32-24-44/h5-34,49-50,59-60H,1-4H3,(H,55,57)(H,56,58). The molecule has 0 aliphatic rings. The molecule has 0 radical (unpaired) electrons. The Bertz CT molecular complexity index is 2600. The van der Waals surface area contributed by atoms with E-state index in [1.54, 1.807) is 126 Å². The number of benzene rings is 8. The molecule has 8 aromatic carbocycles. The number of fused-ring (bicyclic) bond motifs is 2. The third-order valence-corrected chi connectivity index (χ3v) is 11.9. The van der Waals surface area contributed by atoms with Crippen molar-refractivity contribution in [3.05, 3.63) is 215 Å². The first-order chi connectivity index (χ1) is 31.1. The van der Waals surface area contributed by atoms with Crippen LogP contribution in [0.5, 0.6) is 23.0 Å². The van der Waals surface area contributed by atoms with Crippen molar-refractivity contribution in [1.82, 2.24) is 10.6 Å². The molecule has 4 N–H and O–H groups in total. The zero-order chi connectivity index (χ0) is 44.8. The number of amides is 2. The van der Waals surface area contributed by atoms with Crippen molar-refractivity contribution in [2.24, 2.45) is 0 Å². The fourth-order valence-corrected chi connectivity index (χ4v) is 8.41. The lowest BCUT2D eigenvalue weighted by Gasteiger charge is -2.39. The summed E-state index contributed by atoms with van der Waals surface area (Å²) in [5, 5.41) is 36.3. The second-order valence-electron chi connectivity index (χ2n) is 15.5. The van der Waals surface area contributed by atoms with Gasteiger partial charge in [0, 0.05) is 0 Å². The Morgan fingerprint density at radius 3 is 0.922 bits per heavy atom. The van der Waals surface area contributed by atoms with Crippen molar-refractivity contribution in [3.63, 3.8) is 0 Å². The molecule has 0 saturated heterocycles. The zero-order valence-corrected chi connectivity index (χ0v) is 35.8. The van der Waals surface area contributed by atoms with Crippen molar-refractivity contribution in [1.29, 1.82) is 0 Å². The van der Waals surface area contributed by atoms with Crippen LogP contribution in [-0.4, -0.2) is 50.5 Å². The minimum atomic E-state index is -1.97. The number of carbonyl (C=O) groups excluding carboxylic acids is 2. The predicted octanol–water partition coefficient (Wildman–Crippen LogP) is 8.91. The molecule has 0 saturated carbocycles. The third kappa shape index (κ3) is 8.32. The number of rotatable bonds is 14. The van der Waals surface area contributed by atoms with Crippen LogP contribution in [-0.2, 0) is 20.8 Å². The number of hydrogen-bond acceptors (Lipinski definition) is 8. The molecular formula is C54H48N2O8. The zero-order valence-electron chi connectivity index (χ0n) is 35.8. The number of methoxy groups -OCH3 is 4. The number of hydrogen-bond donors (Lipinski definition) is 4. The molecule has 2 amide bonds. The average Bonchev–Trinajstić information content (AvgIpc) is 3.36. The Kier molecular flexibility index (Phi) is 12.3. The lowest BCUT2D eigenvalue weighted by Crippen LogP contribution is -2.52. The van der Waals surface area contributed by atoms with Gasteiger partial charge >= 0.3 is 11.8 Å². The van der Waals surface area contributed by atoms with Gasteiger partial charge in [-0.25, -0.2) is 0 Å². The molecule has 0 spiro atoms. The van der Waals surface area contributed by atoms with Gasteiger partial charge in [-0.1, -0.05) is 121 Å². The van der Waals surface area contributed by atoms with Gasteiger partial charge in [0.2, 0.25) is 0 Å². The highest BCUT2D eigenvalue weighted by molar-refractivity contribution is 6.35. The molecule has 10 heteroatoms. The topological polar surface area (TPSA) is 136 Å². The maximum Gasteiger partial charge on any atom is 0.309 e. The lowest BCUT2D eigenvalue weighted by atomic mass is 9.76. The quantitative estimate of drug-likeness (QED) is 0.0798. The number of ether oxygens (including phenoxy) is 4. The number of aliphatic hydroxyl groups is 2. The van der Waals surface area contributed by atoms with Gasteiger partial charge in [0.15, 0.2) is 0 Å². The number of carbonyl (C=O) groups is 2. The summed E-state index contributed by atoms with van der Waals surface area (Å²) in [6.07, 6.45) is 0. The van der Waals surface area contributed by atoms with Gasteiger partial charge in [-0.15, -0.1) is 0 Å². The van der Waals surface area contributed by atoms with Crippen LogP contribution < -0.4 is 29.6 Å². The van der Waals surface area contributed by atoms with E-state index in [9.17, 15) is 19.8 Å². The van der Waals surface area contributed by atoms with Crippen molar-refractivity contribution in [3.8, 4) is 23.0 Å². The summed E-state index contributed by atoms with van der Waals surface area (Å²) in [6.45, 7) is 0. The largest absolute Gasteiger partial charge is 0.497 e. The highest BCUT2D eigenvalue weighted by Gasteiger charge is 2.46. The fourth-order valence-electron chi connectivity index (χ4n) is 8.41. The van der Waals surface area contributed by atoms with Crippen molar-refractivity contribution in [2.75, 3.05) is 28.4 Å². The Labute approximate surface area is 371 Å². The molecule has 8 rings (SSSR count). The van der Waals surface area contributed by atoms with E-state index >= 15 is 0 Å². The van der Waals surface area contributed by atoms with Crippen LogP contribution in [0.3, 0.4) is 0 Å². The van der Waals surface area contributed by atoms with E-state index in [-0.39, 0.29) is 0 Å². The van der Waals surface area contributed by atoms with E-state index in [1.165, 1.54) is 0 Å². The van der Waals surface area contributed by atoms with Crippen LogP contribution in [0.1, 0.15) is 45.5 Å². The normalized spacial score (nSPS) is 12.5. The SMILES string of the molecule is COc1ccc(C(O)(c2ccc(OC)cc2)C(NC(=O)C(=O)NC(c2ccc3ccccc3c2)C(O)(c2ccc(OC)cc2)c2ccc(OC)cc2)c2ccc3ccccc3c2)cc1. The summed E-state index contributed by atoms with van der Waals surface area (Å²) in [5.74, 6) is 0.132. The molecule has 2 atom stereocenters. The van der Waals surface area contributed by atoms with Gasteiger partial charge < -0.3 is 39.8 Å². The highest BCUT2D eigenvalue weighted by atomic mass is 16.5. The van der Waals surface area contributed by atoms with Gasteiger partial charge in [-0.05, 0) is 116 Å². The second-order valence-corrected chi connectivity index (χ2v) is 15.5. The van der Waals surface area contributed by atoms with E-state index in [1.807, 2.05) is 84.9 Å². The first-order valence-electron chi connectivity index (χ1n) is 20.7. The summed E-state index contributed by atoms with van der Waals surface area (Å²) < 4.78 is 21.9. The van der Waals surface area contributed by atoms with E-state index in [4.69, 9.17) is 18.9 Å². The van der Waals surface area contributed by atoms with Crippen LogP contribution in [0.4, 0.5) is 0 Å². The molecule has 0 aromatic heterocycles. The molecule has 0 aliphatic carbocycles. The monoisotopic (exact) mass is 852 g/mol. The smallest absolute Gasteiger partial charge is 0.309 e. The summed E-state index contributed by atoms with van der Waals surface area (Å²) in [7, 11) is 6.21. The van der Waals surface area contributed by atoms with Gasteiger partial charge in [-0.3, -0.25) is 9.59 Å². The van der Waals surface area contributed by atoms with E-state index in [0.29, 0.717) is 56.4 Å². The molecule has 0 fully saturated rings. The van der Waals surface area contributed by atoms with Crippen LogP contribution in [0.2, 0.25) is 0 Å². The van der Waals surface area contributed by atoms with Crippen LogP contribution >= 0.6 is 0 Å². The Morgan fingerprint density at radius 2 is 0.656 bits per heavy atom. The van der Waals surface area contributed by atoms with E-state index in [2.05, 4.69) is 10.6 Å². The molecular weight excluding hydrogens is 805 g/mol. The van der Waals surface area contributed by atoms with Crippen LogP contribution in [0.15, 0.2) is 182 Å². The fraction of sp³-hybridized carbons (Fsp3) is 0.148. The van der Waals surface area contributed by atoms with E-state index < -0.39 is 35.1 Å². The number of nitrogens with one attached hydrogen (secondary N) is 2. The summed E-state index contributed by atoms with van der Waals surface area (Å²) in [5.41, 5.74) is -1.23. The van der Waals surface area contributed by atoms with Crippen molar-refractivity contribution in [2.45, 2.75) is 23.3 Å². The van der Waals surface area contributed by atoms with Crippen molar-refractivity contribution >= 4 is 33.4 Å². The maximum atomic E-state index is 14.9. The molecule has 8 aromatic rings. The Morgan fingerprint density at radius 1 is 0.391 bits per heavy atom. The Balaban J connectivity index is 1.27. The average molecular weight is 853 g/mol. The van der Waals surface area contributed by atoms with Crippen LogP contribution in [0.25, 0.3) is 21.5 Å². The third-order valence-electron chi connectivity index (χ3n) is 11.9. The first kappa shape index (κ1) is 43.0. The molecule has 0 aliphatic heterocycles. The molecule has 2 unspecified atom stereocenters. The van der Waals surface area contributed by atoms with Crippen LogP contribution in [0, 0.1) is 0 Å². The second kappa shape index (κ2) is 18.4. The summed E-state index contributed by atoms with van der Waals surface area (Å²) in [4.78, 5) is 29.7. The van der Waals surface area contributed by atoms with Gasteiger partial charge in [0.05, 0.1) is 40.5 Å². The van der Waals surface area contributed by atoms with Gasteiger partial charge in [-0.2, -0.15) is 0 Å². The minimum absolute atomic E-state index is 0.416. The lowest BCUT2D eigenvalue weighted by molar-refractivity contribution is -0.142. The molecule has 322 valence electrons. The van der Waals surface area contributed by atoms with E-state index in [0.717, 1.165) is 21.5 Å². The van der Waals surface area contributed by atoms with Gasteiger partial charge in [0.1, 0.15) is 34.2 Å². The molecule has 10 nitrogen and oxygen atoms in total. The molecule has 64 heavy (non-hydrogen) atoms. The summed E-state index contributed by atoms with van der Waals surface area (Å²) >= 11 is 0. The van der Waals surface area contributed by atoms with Crippen molar-refractivity contribution < 1.29 is 38.7 Å². The maximum absolute atomic E-state index is 14.9.